The van der Waals surface area contributed by atoms with E-state index >= 15 is 0 Å². The van der Waals surface area contributed by atoms with Crippen LogP contribution >= 0.6 is 0 Å². The van der Waals surface area contributed by atoms with Crippen molar-refractivity contribution in [2.75, 3.05) is 7.11 Å². The maximum Gasteiger partial charge on any atom is 0.239 e. The topological polar surface area (TPSA) is 237 Å². The van der Waals surface area contributed by atoms with E-state index in [1.807, 2.05) is 0 Å². The second-order valence-electron chi connectivity index (χ2n) is 10.1. The number of ether oxygens (including phenoxy) is 3. The molecule has 45 heavy (non-hydrogen) atoms. The fourth-order valence-electron chi connectivity index (χ4n) is 4.76. The number of aliphatic hydroxyl groups excluding tert-OH is 4. The molecule has 6 atom stereocenters. The molecule has 0 spiro atoms. The maximum absolute atomic E-state index is 13.6. The monoisotopic (exact) mass is 624 g/mol. The van der Waals surface area contributed by atoms with Gasteiger partial charge in [-0.1, -0.05) is 12.1 Å². The minimum absolute atomic E-state index is 0.122. The van der Waals surface area contributed by atoms with Gasteiger partial charge in [0.15, 0.2) is 23.0 Å². The van der Waals surface area contributed by atoms with Crippen molar-refractivity contribution in [2.45, 2.75) is 36.8 Å². The molecule has 0 aliphatic carbocycles. The Morgan fingerprint density at radius 1 is 0.889 bits per heavy atom. The predicted molar refractivity (Wildman–Crippen MR) is 155 cm³/mol. The number of phenolic OH excluding ortho intramolecular Hbond substituents is 4. The summed E-state index contributed by atoms with van der Waals surface area (Å²) < 4.78 is 22.0. The number of carbonyl (C=O) groups excluding carboxylic acids is 1. The zero-order chi connectivity index (χ0) is 32.6. The normalized spacial score (nSPS) is 22.4. The lowest BCUT2D eigenvalue weighted by Gasteiger charge is -2.41. The van der Waals surface area contributed by atoms with Crippen molar-refractivity contribution >= 4 is 22.8 Å². The summed E-state index contributed by atoms with van der Waals surface area (Å²) in [4.78, 5) is 26.4. The molecule has 14 nitrogen and oxygen atoms in total. The fraction of sp³-hybridized carbons (Fsp3) is 0.226. The smallest absolute Gasteiger partial charge is 0.239 e. The molecule has 14 heteroatoms. The summed E-state index contributed by atoms with van der Waals surface area (Å²) in [6, 6.07) is 11.4. The summed E-state index contributed by atoms with van der Waals surface area (Å²) >= 11 is 0. The number of methoxy groups -OCH3 is 1. The number of fused-ring (bicyclic) bond motifs is 1. The van der Waals surface area contributed by atoms with E-state index in [0.717, 1.165) is 18.2 Å². The van der Waals surface area contributed by atoms with Crippen LogP contribution in [0.3, 0.4) is 0 Å². The van der Waals surface area contributed by atoms with Gasteiger partial charge in [0, 0.05) is 17.7 Å². The van der Waals surface area contributed by atoms with E-state index in [1.165, 1.54) is 55.7 Å². The lowest BCUT2D eigenvalue weighted by Crippen LogP contribution is -2.63. The van der Waals surface area contributed by atoms with Crippen LogP contribution in [0.25, 0.3) is 28.4 Å². The number of carbonyl (C=O) groups is 1. The Hall–Kier alpha value is -5.12. The summed E-state index contributed by atoms with van der Waals surface area (Å²) in [6.45, 7) is 0. The number of phenols is 4. The van der Waals surface area contributed by atoms with Crippen molar-refractivity contribution in [3.05, 3.63) is 76.5 Å². The molecular weight excluding hydrogens is 596 g/mol. The molecule has 0 bridgehead atoms. The molecule has 0 radical (unpaired) electrons. The highest BCUT2D eigenvalue weighted by molar-refractivity contribution is 5.97. The largest absolute Gasteiger partial charge is 0.508 e. The highest BCUT2D eigenvalue weighted by Crippen LogP contribution is 2.37. The molecule has 4 aromatic rings. The molecule has 1 aliphatic rings. The Morgan fingerprint density at radius 2 is 1.60 bits per heavy atom. The van der Waals surface area contributed by atoms with Gasteiger partial charge in [0.05, 0.1) is 7.11 Å². The van der Waals surface area contributed by atoms with Crippen molar-refractivity contribution in [3.63, 3.8) is 0 Å². The van der Waals surface area contributed by atoms with Crippen LogP contribution in [-0.4, -0.2) is 90.6 Å². The van der Waals surface area contributed by atoms with Gasteiger partial charge in [0.2, 0.25) is 17.5 Å². The molecule has 3 aromatic carbocycles. The van der Waals surface area contributed by atoms with Gasteiger partial charge in [0.1, 0.15) is 58.7 Å². The van der Waals surface area contributed by atoms with Gasteiger partial charge < -0.3 is 59.5 Å². The third-order valence-electron chi connectivity index (χ3n) is 7.13. The third-order valence-corrected chi connectivity index (χ3v) is 7.13. The van der Waals surface area contributed by atoms with Crippen molar-refractivity contribution < 1.29 is 64.3 Å². The molecule has 1 fully saturated rings. The Balaban J connectivity index is 1.48. The second kappa shape index (κ2) is 12.5. The summed E-state index contributed by atoms with van der Waals surface area (Å²) in [5, 5.41) is 82.0. The van der Waals surface area contributed by atoms with Gasteiger partial charge in [-0.05, 0) is 48.0 Å². The van der Waals surface area contributed by atoms with Crippen LogP contribution in [0.1, 0.15) is 5.56 Å². The quantitative estimate of drug-likeness (QED) is 0.128. The van der Waals surface area contributed by atoms with Gasteiger partial charge in [0.25, 0.3) is 0 Å². The molecule has 1 aromatic heterocycles. The molecule has 1 saturated heterocycles. The second-order valence-corrected chi connectivity index (χ2v) is 10.1. The zero-order valence-electron chi connectivity index (χ0n) is 23.3. The van der Waals surface area contributed by atoms with Gasteiger partial charge in [-0.3, -0.25) is 9.59 Å². The van der Waals surface area contributed by atoms with Crippen molar-refractivity contribution in [1.82, 2.24) is 0 Å². The number of benzene rings is 3. The van der Waals surface area contributed by atoms with Crippen LogP contribution in [0, 0.1) is 0 Å². The Morgan fingerprint density at radius 3 is 2.29 bits per heavy atom. The van der Waals surface area contributed by atoms with E-state index in [4.69, 9.17) is 18.6 Å². The summed E-state index contributed by atoms with van der Waals surface area (Å²) in [7, 11) is 1.33. The molecule has 5 rings (SSSR count). The maximum atomic E-state index is 13.6. The Bertz CT molecular complexity index is 1810. The first-order valence-corrected chi connectivity index (χ1v) is 13.3. The lowest BCUT2D eigenvalue weighted by atomic mass is 9.93. The SMILES string of the molecule is COc1cc(C=CC(=O)C(O)[C@H]2O[C@@H](Oc3c(-c4ccc(O)cc4)oc4cc(O)cc(O)c4c3=O)[C@H](O)[C@@H](O)[C@@H]2O)ccc1O. The number of hydrogen-bond acceptors (Lipinski definition) is 14. The minimum atomic E-state index is -2.10. The Labute approximate surface area is 253 Å². The number of aromatic hydroxyl groups is 4. The number of ketones is 1. The van der Waals surface area contributed by atoms with Gasteiger partial charge in [-0.25, -0.2) is 0 Å². The van der Waals surface area contributed by atoms with E-state index < -0.39 is 70.7 Å². The first-order valence-electron chi connectivity index (χ1n) is 13.3. The first-order chi connectivity index (χ1) is 21.4. The molecule has 1 unspecified atom stereocenters. The third kappa shape index (κ3) is 6.13. The van der Waals surface area contributed by atoms with E-state index in [2.05, 4.69) is 0 Å². The van der Waals surface area contributed by atoms with Crippen LogP contribution in [0.15, 0.2) is 69.9 Å². The van der Waals surface area contributed by atoms with E-state index in [9.17, 15) is 50.4 Å². The molecule has 2 heterocycles. The standard InChI is InChI=1S/C31H28O14/c1-42-20-10-13(2-8-17(20)34)3-9-18(35)23(37)29-26(40)25(39)27(41)31(44-29)45-30-24(38)22-19(36)11-16(33)12-21(22)43-28(30)14-4-6-15(32)7-5-14/h2-12,23,25-27,29,31-34,36-37,39-41H,1H3/t23?,25-,26-,27+,29+,31-/m0/s1. The molecule has 1 aliphatic heterocycles. The molecule has 236 valence electrons. The number of rotatable bonds is 8. The van der Waals surface area contributed by atoms with E-state index in [0.29, 0.717) is 5.56 Å². The van der Waals surface area contributed by atoms with Crippen molar-refractivity contribution in [2.24, 2.45) is 0 Å². The van der Waals surface area contributed by atoms with Crippen LogP contribution in [0.5, 0.6) is 34.5 Å². The van der Waals surface area contributed by atoms with E-state index in [-0.39, 0.29) is 34.2 Å². The minimum Gasteiger partial charge on any atom is -0.508 e. The van der Waals surface area contributed by atoms with Crippen molar-refractivity contribution in [1.29, 1.82) is 0 Å². The van der Waals surface area contributed by atoms with Gasteiger partial charge >= 0.3 is 0 Å². The Kier molecular flexibility index (Phi) is 8.68. The average Bonchev–Trinajstić information content (AvgIpc) is 3.01. The average molecular weight is 625 g/mol. The van der Waals surface area contributed by atoms with Crippen LogP contribution < -0.4 is 14.9 Å². The lowest BCUT2D eigenvalue weighted by molar-refractivity contribution is -0.285. The molecule has 0 amide bonds. The molecule has 0 saturated carbocycles. The predicted octanol–water partition coefficient (Wildman–Crippen LogP) is 1.12. The van der Waals surface area contributed by atoms with Gasteiger partial charge in [-0.2, -0.15) is 0 Å². The zero-order valence-corrected chi connectivity index (χ0v) is 23.3. The van der Waals surface area contributed by atoms with Crippen LogP contribution in [-0.2, 0) is 9.53 Å². The number of aliphatic hydroxyl groups is 4. The van der Waals surface area contributed by atoms with Gasteiger partial charge in [-0.15, -0.1) is 0 Å². The first kappa shape index (κ1) is 31.3. The van der Waals surface area contributed by atoms with E-state index in [1.54, 1.807) is 0 Å². The summed E-state index contributed by atoms with van der Waals surface area (Å²) in [6.07, 6.45) is -9.73. The van der Waals surface area contributed by atoms with Crippen LogP contribution in [0.2, 0.25) is 0 Å². The number of hydrogen-bond donors (Lipinski definition) is 8. The highest BCUT2D eigenvalue weighted by Gasteiger charge is 2.49. The van der Waals surface area contributed by atoms with Crippen molar-refractivity contribution in [3.8, 4) is 45.8 Å². The van der Waals surface area contributed by atoms with Crippen LogP contribution in [0.4, 0.5) is 0 Å². The summed E-state index contributed by atoms with van der Waals surface area (Å²) in [5.74, 6) is -3.15. The molecular formula is C31H28O14. The highest BCUT2D eigenvalue weighted by atomic mass is 16.7. The summed E-state index contributed by atoms with van der Waals surface area (Å²) in [5.41, 5.74) is -0.661. The molecule has 8 N–H and O–H groups in total. The fourth-order valence-corrected chi connectivity index (χ4v) is 4.76.